The lowest BCUT2D eigenvalue weighted by atomic mass is 9.71. The van der Waals surface area contributed by atoms with Crippen LogP contribution in [0.25, 0.3) is 11.0 Å². The van der Waals surface area contributed by atoms with Gasteiger partial charge in [0.05, 0.1) is 6.26 Å². The maximum atomic E-state index is 9.02. The third-order valence-corrected chi connectivity index (χ3v) is 2.61. The van der Waals surface area contributed by atoms with Crippen molar-refractivity contribution in [2.75, 3.05) is 0 Å². The lowest BCUT2D eigenvalue weighted by Crippen LogP contribution is -2.19. The summed E-state index contributed by atoms with van der Waals surface area (Å²) in [4.78, 5) is 0. The van der Waals surface area contributed by atoms with Crippen LogP contribution in [0.3, 0.4) is 0 Å². The molecule has 0 saturated heterocycles. The van der Waals surface area contributed by atoms with Gasteiger partial charge in [0.25, 0.3) is 0 Å². The highest BCUT2D eigenvalue weighted by molar-refractivity contribution is 6.43. The first-order chi connectivity index (χ1) is 7.18. The molecule has 0 spiro atoms. The minimum atomic E-state index is -1.28. The number of para-hydroxylation sites is 1. The Morgan fingerprint density at radius 2 is 2.07 bits per heavy atom. The van der Waals surface area contributed by atoms with E-state index in [1.54, 1.807) is 13.2 Å². The number of hydrogen-bond acceptors (Lipinski definition) is 3. The molecule has 15 heavy (non-hydrogen) atoms. The van der Waals surface area contributed by atoms with E-state index in [9.17, 15) is 0 Å². The van der Waals surface area contributed by atoms with Crippen molar-refractivity contribution in [2.24, 2.45) is 0 Å². The maximum Gasteiger partial charge on any atom is 0.454 e. The SMILES string of the molecule is C[C@@H](Cc1coc2ccccc12)B(O)O. The summed E-state index contributed by atoms with van der Waals surface area (Å²) in [5.41, 5.74) is 1.86. The number of fused-ring (bicyclic) bond motifs is 1. The molecule has 4 heteroatoms. The molecule has 1 aromatic heterocycles. The van der Waals surface area contributed by atoms with Gasteiger partial charge >= 0.3 is 7.12 Å². The molecule has 1 atom stereocenters. The second kappa shape index (κ2) is 4.09. The summed E-state index contributed by atoms with van der Waals surface area (Å²) >= 11 is 0. The number of rotatable bonds is 3. The van der Waals surface area contributed by atoms with Gasteiger partial charge in [-0.15, -0.1) is 0 Å². The molecule has 3 nitrogen and oxygen atoms in total. The summed E-state index contributed by atoms with van der Waals surface area (Å²) < 4.78 is 5.37. The molecular formula is C11H13BO3. The van der Waals surface area contributed by atoms with Crippen molar-refractivity contribution in [3.05, 3.63) is 36.1 Å². The fourth-order valence-corrected chi connectivity index (χ4v) is 1.64. The van der Waals surface area contributed by atoms with Crippen molar-refractivity contribution in [1.29, 1.82) is 0 Å². The van der Waals surface area contributed by atoms with Crippen molar-refractivity contribution in [3.8, 4) is 0 Å². The molecule has 0 amide bonds. The first-order valence-electron chi connectivity index (χ1n) is 4.99. The van der Waals surface area contributed by atoms with Gasteiger partial charge in [0, 0.05) is 5.39 Å². The summed E-state index contributed by atoms with van der Waals surface area (Å²) in [5, 5.41) is 19.1. The average molecular weight is 204 g/mol. The molecule has 0 saturated carbocycles. The molecular weight excluding hydrogens is 191 g/mol. The number of hydrogen-bond donors (Lipinski definition) is 2. The van der Waals surface area contributed by atoms with Gasteiger partial charge in [-0.25, -0.2) is 0 Å². The molecule has 0 aliphatic rings. The number of furan rings is 1. The zero-order valence-electron chi connectivity index (χ0n) is 8.55. The Bertz CT molecular complexity index is 450. The van der Waals surface area contributed by atoms with Crippen LogP contribution in [-0.4, -0.2) is 17.2 Å². The third kappa shape index (κ3) is 2.06. The van der Waals surface area contributed by atoms with E-state index in [1.807, 2.05) is 24.3 Å². The highest BCUT2D eigenvalue weighted by Gasteiger charge is 2.20. The van der Waals surface area contributed by atoms with E-state index in [-0.39, 0.29) is 5.82 Å². The van der Waals surface area contributed by atoms with E-state index >= 15 is 0 Å². The van der Waals surface area contributed by atoms with Gasteiger partial charge in [0.15, 0.2) is 0 Å². The molecule has 2 N–H and O–H groups in total. The van der Waals surface area contributed by atoms with E-state index in [2.05, 4.69) is 0 Å². The zero-order chi connectivity index (χ0) is 10.8. The Hall–Kier alpha value is -1.26. The monoisotopic (exact) mass is 204 g/mol. The summed E-state index contributed by atoms with van der Waals surface area (Å²) in [6.45, 7) is 1.80. The lowest BCUT2D eigenvalue weighted by Gasteiger charge is -2.07. The summed E-state index contributed by atoms with van der Waals surface area (Å²) in [6.07, 6.45) is 2.29. The second-order valence-corrected chi connectivity index (χ2v) is 3.85. The minimum Gasteiger partial charge on any atom is -0.464 e. The Labute approximate surface area is 88.5 Å². The van der Waals surface area contributed by atoms with E-state index in [0.717, 1.165) is 16.5 Å². The Morgan fingerprint density at radius 3 is 2.80 bits per heavy atom. The third-order valence-electron chi connectivity index (χ3n) is 2.61. The molecule has 0 aliphatic carbocycles. The van der Waals surface area contributed by atoms with Crippen LogP contribution in [0.4, 0.5) is 0 Å². The standard InChI is InChI=1S/C11H13BO3/c1-8(12(13)14)6-9-7-15-11-5-3-2-4-10(9)11/h2-5,7-8,13-14H,6H2,1H3/t8-/m0/s1. The Morgan fingerprint density at radius 1 is 1.33 bits per heavy atom. The first kappa shape index (κ1) is 10.3. The quantitative estimate of drug-likeness (QED) is 0.750. The van der Waals surface area contributed by atoms with Crippen molar-refractivity contribution in [1.82, 2.24) is 0 Å². The first-order valence-corrected chi connectivity index (χ1v) is 4.99. The van der Waals surface area contributed by atoms with Gasteiger partial charge in [0.1, 0.15) is 5.58 Å². The normalized spacial score (nSPS) is 13.0. The molecule has 0 fully saturated rings. The Kier molecular flexibility index (Phi) is 2.80. The second-order valence-electron chi connectivity index (χ2n) is 3.85. The van der Waals surface area contributed by atoms with Crippen LogP contribution >= 0.6 is 0 Å². The van der Waals surface area contributed by atoms with E-state index in [4.69, 9.17) is 14.5 Å². The van der Waals surface area contributed by atoms with E-state index in [1.165, 1.54) is 0 Å². The molecule has 1 aromatic carbocycles. The molecule has 0 radical (unpaired) electrons. The largest absolute Gasteiger partial charge is 0.464 e. The summed E-state index contributed by atoms with van der Waals surface area (Å²) in [5.74, 6) is -0.189. The molecule has 0 unspecified atom stereocenters. The van der Waals surface area contributed by atoms with Crippen LogP contribution in [0.15, 0.2) is 34.9 Å². The molecule has 2 rings (SSSR count). The van der Waals surface area contributed by atoms with Crippen molar-refractivity contribution in [2.45, 2.75) is 19.2 Å². The molecule has 0 bridgehead atoms. The lowest BCUT2D eigenvalue weighted by molar-refractivity contribution is 0.387. The van der Waals surface area contributed by atoms with Crippen LogP contribution in [0.1, 0.15) is 12.5 Å². The molecule has 0 aliphatic heterocycles. The van der Waals surface area contributed by atoms with E-state index in [0.29, 0.717) is 6.42 Å². The van der Waals surface area contributed by atoms with Crippen LogP contribution in [0.2, 0.25) is 5.82 Å². The highest BCUT2D eigenvalue weighted by Crippen LogP contribution is 2.25. The van der Waals surface area contributed by atoms with Gasteiger partial charge in [-0.3, -0.25) is 0 Å². The topological polar surface area (TPSA) is 53.6 Å². The van der Waals surface area contributed by atoms with Crippen LogP contribution < -0.4 is 0 Å². The number of benzene rings is 1. The fraction of sp³-hybridized carbons (Fsp3) is 0.273. The predicted octanol–water partition coefficient (Wildman–Crippen LogP) is 1.84. The highest BCUT2D eigenvalue weighted by atomic mass is 16.4. The van der Waals surface area contributed by atoms with E-state index < -0.39 is 7.12 Å². The fourth-order valence-electron chi connectivity index (χ4n) is 1.64. The van der Waals surface area contributed by atoms with Crippen molar-refractivity contribution in [3.63, 3.8) is 0 Å². The van der Waals surface area contributed by atoms with Gasteiger partial charge in [-0.1, -0.05) is 25.1 Å². The Balaban J connectivity index is 2.29. The van der Waals surface area contributed by atoms with Crippen LogP contribution in [-0.2, 0) is 6.42 Å². The average Bonchev–Trinajstić information content (AvgIpc) is 2.62. The van der Waals surface area contributed by atoms with Crippen molar-refractivity contribution >= 4 is 18.1 Å². The summed E-state index contributed by atoms with van der Waals surface area (Å²) in [6, 6.07) is 7.74. The van der Waals surface area contributed by atoms with Crippen LogP contribution in [0.5, 0.6) is 0 Å². The molecule has 1 heterocycles. The van der Waals surface area contributed by atoms with Crippen molar-refractivity contribution < 1.29 is 14.5 Å². The molecule has 78 valence electrons. The summed E-state index contributed by atoms with van der Waals surface area (Å²) in [7, 11) is -1.28. The van der Waals surface area contributed by atoms with Gasteiger partial charge in [0.2, 0.25) is 0 Å². The van der Waals surface area contributed by atoms with Gasteiger partial charge < -0.3 is 14.5 Å². The molecule has 2 aromatic rings. The van der Waals surface area contributed by atoms with Gasteiger partial charge in [-0.05, 0) is 23.9 Å². The minimum absolute atomic E-state index is 0.189. The smallest absolute Gasteiger partial charge is 0.454 e. The zero-order valence-corrected chi connectivity index (χ0v) is 8.55. The maximum absolute atomic E-state index is 9.02. The van der Waals surface area contributed by atoms with Gasteiger partial charge in [-0.2, -0.15) is 0 Å². The predicted molar refractivity (Wildman–Crippen MR) is 59.5 cm³/mol. The van der Waals surface area contributed by atoms with Crippen LogP contribution in [0, 0.1) is 0 Å².